The Balaban J connectivity index is 2.46. The van der Waals surface area contributed by atoms with E-state index < -0.39 is 9.84 Å². The first-order chi connectivity index (χ1) is 9.90. The number of rotatable bonds is 8. The maximum atomic E-state index is 11.5. The van der Waals surface area contributed by atoms with Crippen molar-refractivity contribution in [3.8, 4) is 5.75 Å². The van der Waals surface area contributed by atoms with Crippen molar-refractivity contribution >= 4 is 21.6 Å². The highest BCUT2D eigenvalue weighted by molar-refractivity contribution is 7.90. The predicted molar refractivity (Wildman–Crippen MR) is 80.5 cm³/mol. The molecule has 0 aromatic heterocycles. The zero-order valence-corrected chi connectivity index (χ0v) is 12.9. The monoisotopic (exact) mass is 316 g/mol. The summed E-state index contributed by atoms with van der Waals surface area (Å²) in [5.41, 5.74) is 0.557. The maximum Gasteiger partial charge on any atom is 0.319 e. The van der Waals surface area contributed by atoms with Crippen molar-refractivity contribution < 1.29 is 22.7 Å². The van der Waals surface area contributed by atoms with Crippen LogP contribution in [0, 0.1) is 0 Å². The van der Waals surface area contributed by atoms with Crippen LogP contribution < -0.4 is 15.4 Å². The molecule has 0 spiro atoms. The van der Waals surface area contributed by atoms with Crippen molar-refractivity contribution in [3.05, 3.63) is 24.3 Å². The van der Waals surface area contributed by atoms with Gasteiger partial charge in [0.05, 0.1) is 12.4 Å². The second-order valence-electron chi connectivity index (χ2n) is 4.38. The maximum absolute atomic E-state index is 11.5. The van der Waals surface area contributed by atoms with E-state index in [9.17, 15) is 13.2 Å². The van der Waals surface area contributed by atoms with E-state index in [0.717, 1.165) is 6.26 Å². The van der Waals surface area contributed by atoms with E-state index in [4.69, 9.17) is 9.47 Å². The number of nitrogens with one attached hydrogen (secondary N) is 2. The van der Waals surface area contributed by atoms with Crippen LogP contribution in [0.25, 0.3) is 0 Å². The van der Waals surface area contributed by atoms with Crippen molar-refractivity contribution in [2.45, 2.75) is 0 Å². The lowest BCUT2D eigenvalue weighted by Crippen LogP contribution is -2.31. The number of ether oxygens (including phenoxy) is 2. The Morgan fingerprint density at radius 2 is 2.05 bits per heavy atom. The Morgan fingerprint density at radius 3 is 2.71 bits per heavy atom. The number of amides is 2. The fraction of sp³-hybridized carbons (Fsp3) is 0.462. The summed E-state index contributed by atoms with van der Waals surface area (Å²) in [7, 11) is -1.50. The minimum Gasteiger partial charge on any atom is -0.492 e. The zero-order valence-electron chi connectivity index (χ0n) is 12.1. The lowest BCUT2D eigenvalue weighted by molar-refractivity contribution is 0.198. The van der Waals surface area contributed by atoms with Crippen LogP contribution in [-0.4, -0.2) is 53.3 Å². The van der Waals surface area contributed by atoms with E-state index in [2.05, 4.69) is 10.6 Å². The Hall–Kier alpha value is -1.80. The smallest absolute Gasteiger partial charge is 0.319 e. The van der Waals surface area contributed by atoms with Crippen LogP contribution in [0.4, 0.5) is 10.5 Å². The molecule has 0 aliphatic rings. The van der Waals surface area contributed by atoms with E-state index in [1.54, 1.807) is 31.4 Å². The quantitative estimate of drug-likeness (QED) is 0.694. The summed E-state index contributed by atoms with van der Waals surface area (Å²) in [6, 6.07) is 6.38. The van der Waals surface area contributed by atoms with Crippen LogP contribution in [0.5, 0.6) is 5.75 Å². The molecule has 0 bridgehead atoms. The van der Waals surface area contributed by atoms with E-state index in [1.807, 2.05) is 0 Å². The van der Waals surface area contributed by atoms with E-state index in [-0.39, 0.29) is 18.4 Å². The fourth-order valence-corrected chi connectivity index (χ4v) is 1.80. The predicted octanol–water partition coefficient (Wildman–Crippen LogP) is 0.878. The molecule has 0 aliphatic heterocycles. The summed E-state index contributed by atoms with van der Waals surface area (Å²) < 4.78 is 32.2. The Bertz CT molecular complexity index is 559. The molecular weight excluding hydrogens is 296 g/mol. The molecule has 1 rings (SSSR count). The van der Waals surface area contributed by atoms with Gasteiger partial charge in [0.2, 0.25) is 0 Å². The second kappa shape index (κ2) is 8.48. The van der Waals surface area contributed by atoms with Crippen LogP contribution in [0.2, 0.25) is 0 Å². The summed E-state index contributed by atoms with van der Waals surface area (Å²) in [4.78, 5) is 11.5. The van der Waals surface area contributed by atoms with E-state index >= 15 is 0 Å². The highest BCUT2D eigenvalue weighted by atomic mass is 32.2. The molecule has 7 nitrogen and oxygen atoms in total. The van der Waals surface area contributed by atoms with Gasteiger partial charge in [-0.15, -0.1) is 0 Å². The van der Waals surface area contributed by atoms with E-state index in [0.29, 0.717) is 24.6 Å². The Morgan fingerprint density at radius 1 is 1.29 bits per heavy atom. The lowest BCUT2D eigenvalue weighted by Gasteiger charge is -2.09. The number of hydrogen-bond acceptors (Lipinski definition) is 5. The summed E-state index contributed by atoms with van der Waals surface area (Å²) in [6.45, 7) is 0.914. The van der Waals surface area contributed by atoms with Gasteiger partial charge in [-0.2, -0.15) is 0 Å². The largest absolute Gasteiger partial charge is 0.492 e. The molecule has 0 atom stereocenters. The number of carbonyl (C=O) groups is 1. The SMILES string of the molecule is COCCNC(=O)Nc1cccc(OCCS(C)(=O)=O)c1. The number of anilines is 1. The van der Waals surface area contributed by atoms with Gasteiger partial charge in [-0.25, -0.2) is 13.2 Å². The number of benzene rings is 1. The van der Waals surface area contributed by atoms with Crippen molar-refractivity contribution in [2.75, 3.05) is 44.2 Å². The number of carbonyl (C=O) groups excluding carboxylic acids is 1. The first-order valence-electron chi connectivity index (χ1n) is 6.35. The summed E-state index contributed by atoms with van der Waals surface area (Å²) in [5, 5.41) is 5.26. The van der Waals surface area contributed by atoms with Gasteiger partial charge < -0.3 is 20.1 Å². The highest BCUT2D eigenvalue weighted by Crippen LogP contribution is 2.17. The van der Waals surface area contributed by atoms with Gasteiger partial charge in [0.1, 0.15) is 12.4 Å². The van der Waals surface area contributed by atoms with Gasteiger partial charge in [0.15, 0.2) is 9.84 Å². The third kappa shape index (κ3) is 8.16. The molecule has 1 aromatic rings. The van der Waals surface area contributed by atoms with Crippen molar-refractivity contribution in [1.82, 2.24) is 5.32 Å². The van der Waals surface area contributed by atoms with Gasteiger partial charge >= 0.3 is 6.03 Å². The summed E-state index contributed by atoms with van der Waals surface area (Å²) in [5.74, 6) is 0.440. The average molecular weight is 316 g/mol. The van der Waals surface area contributed by atoms with Crippen LogP contribution in [0.1, 0.15) is 0 Å². The minimum absolute atomic E-state index is 0.0534. The Kier molecular flexibility index (Phi) is 6.97. The third-order valence-corrected chi connectivity index (χ3v) is 3.31. The number of methoxy groups -OCH3 is 1. The zero-order chi connectivity index (χ0) is 15.7. The first kappa shape index (κ1) is 17.3. The average Bonchev–Trinajstić information content (AvgIpc) is 2.38. The van der Waals surface area contributed by atoms with Crippen LogP contribution >= 0.6 is 0 Å². The van der Waals surface area contributed by atoms with Gasteiger partial charge in [0.25, 0.3) is 0 Å². The molecular formula is C13H20N2O5S. The molecule has 0 unspecified atom stereocenters. The molecule has 0 saturated heterocycles. The molecule has 0 heterocycles. The number of urea groups is 1. The van der Waals surface area contributed by atoms with Gasteiger partial charge in [-0.3, -0.25) is 0 Å². The van der Waals surface area contributed by atoms with E-state index in [1.165, 1.54) is 0 Å². The number of hydrogen-bond donors (Lipinski definition) is 2. The lowest BCUT2D eigenvalue weighted by atomic mass is 10.3. The molecule has 8 heteroatoms. The molecule has 2 amide bonds. The van der Waals surface area contributed by atoms with Crippen LogP contribution in [0.3, 0.4) is 0 Å². The third-order valence-electron chi connectivity index (χ3n) is 2.41. The normalized spacial score (nSPS) is 11.0. The summed E-state index contributed by atoms with van der Waals surface area (Å²) in [6.07, 6.45) is 1.15. The molecule has 0 aliphatic carbocycles. The molecule has 0 fully saturated rings. The standard InChI is InChI=1S/C13H20N2O5S/c1-19-7-6-14-13(16)15-11-4-3-5-12(10-11)20-8-9-21(2,17)18/h3-5,10H,6-9H2,1-2H3,(H2,14,15,16). The van der Waals surface area contributed by atoms with Crippen LogP contribution in [0.15, 0.2) is 24.3 Å². The molecule has 21 heavy (non-hydrogen) atoms. The van der Waals surface area contributed by atoms with Gasteiger partial charge in [0, 0.05) is 31.7 Å². The molecule has 2 N–H and O–H groups in total. The van der Waals surface area contributed by atoms with Crippen molar-refractivity contribution in [3.63, 3.8) is 0 Å². The molecule has 0 saturated carbocycles. The molecule has 118 valence electrons. The first-order valence-corrected chi connectivity index (χ1v) is 8.41. The van der Waals surface area contributed by atoms with Gasteiger partial charge in [-0.1, -0.05) is 6.07 Å². The second-order valence-corrected chi connectivity index (χ2v) is 6.64. The minimum atomic E-state index is -3.05. The van der Waals surface area contributed by atoms with Gasteiger partial charge in [-0.05, 0) is 12.1 Å². The topological polar surface area (TPSA) is 93.7 Å². The van der Waals surface area contributed by atoms with Crippen molar-refractivity contribution in [1.29, 1.82) is 0 Å². The van der Waals surface area contributed by atoms with Crippen molar-refractivity contribution in [2.24, 2.45) is 0 Å². The van der Waals surface area contributed by atoms with Crippen LogP contribution in [-0.2, 0) is 14.6 Å². The Labute approximate surface area is 124 Å². The molecule has 0 radical (unpaired) electrons. The summed E-state index contributed by atoms with van der Waals surface area (Å²) >= 11 is 0. The molecule has 1 aromatic carbocycles. The fourth-order valence-electron chi connectivity index (χ4n) is 1.42. The highest BCUT2D eigenvalue weighted by Gasteiger charge is 2.04. The number of sulfone groups is 1.